The van der Waals surface area contributed by atoms with Crippen LogP contribution in [0, 0.1) is 11.8 Å². The van der Waals surface area contributed by atoms with Crippen LogP contribution in [-0.2, 0) is 23.5 Å². The van der Waals surface area contributed by atoms with Crippen LogP contribution in [0.25, 0.3) is 0 Å². The summed E-state index contributed by atoms with van der Waals surface area (Å²) < 4.78 is 16.5. The maximum atomic E-state index is 12.1. The predicted molar refractivity (Wildman–Crippen MR) is 125 cm³/mol. The summed E-state index contributed by atoms with van der Waals surface area (Å²) in [5.74, 6) is -2.16. The molecule has 168 valence electrons. The van der Waals surface area contributed by atoms with E-state index in [1.54, 1.807) is 0 Å². The normalized spacial score (nSPS) is 13.0. The van der Waals surface area contributed by atoms with Gasteiger partial charge < -0.3 is 13.9 Å². The lowest BCUT2D eigenvalue weighted by atomic mass is 9.96. The monoisotopic (exact) mass is 442 g/mol. The Bertz CT molecular complexity index is 790. The van der Waals surface area contributed by atoms with Gasteiger partial charge in [-0.2, -0.15) is 0 Å². The second kappa shape index (κ2) is 10.7. The van der Waals surface area contributed by atoms with Crippen LogP contribution in [0.15, 0.2) is 60.7 Å². The van der Waals surface area contributed by atoms with Crippen molar-refractivity contribution in [3.63, 3.8) is 0 Å². The van der Waals surface area contributed by atoms with Crippen LogP contribution in [0.1, 0.15) is 34.1 Å². The Morgan fingerprint density at radius 2 is 1.26 bits per heavy atom. The molecule has 0 aliphatic rings. The lowest BCUT2D eigenvalue weighted by Gasteiger charge is -2.43. The molecule has 0 saturated heterocycles. The zero-order valence-corrected chi connectivity index (χ0v) is 20.4. The predicted octanol–water partition coefficient (Wildman–Crippen LogP) is 3.55. The Balaban J connectivity index is 2.38. The van der Waals surface area contributed by atoms with Crippen LogP contribution in [0.4, 0.5) is 0 Å². The minimum atomic E-state index is -2.67. The minimum absolute atomic E-state index is 0.0511. The molecule has 0 aromatic heterocycles. The lowest BCUT2D eigenvalue weighted by molar-refractivity contribution is -0.159. The molecule has 2 aromatic rings. The molecule has 0 fully saturated rings. The second-order valence-electron chi connectivity index (χ2n) is 8.91. The van der Waals surface area contributed by atoms with Gasteiger partial charge in [0, 0.05) is 6.61 Å². The fraction of sp³-hybridized carbons (Fsp3) is 0.440. The van der Waals surface area contributed by atoms with Gasteiger partial charge in [0.2, 0.25) is 0 Å². The quantitative estimate of drug-likeness (QED) is 0.338. The molecule has 2 aromatic carbocycles. The third-order valence-corrected chi connectivity index (χ3v) is 10.6. The molecule has 1 atom stereocenters. The minimum Gasteiger partial charge on any atom is -0.468 e. The van der Waals surface area contributed by atoms with Crippen molar-refractivity contribution in [1.82, 2.24) is 0 Å². The number of hydrogen-bond donors (Lipinski definition) is 0. The zero-order chi connectivity index (χ0) is 23.1. The van der Waals surface area contributed by atoms with Crippen molar-refractivity contribution < 1.29 is 23.5 Å². The highest BCUT2D eigenvalue weighted by Crippen LogP contribution is 2.37. The number of carbonyl (C=O) groups excluding carboxylic acids is 2. The van der Waals surface area contributed by atoms with Gasteiger partial charge in [-0.25, -0.2) is 0 Å². The van der Waals surface area contributed by atoms with E-state index in [0.717, 1.165) is 0 Å². The van der Waals surface area contributed by atoms with Crippen molar-refractivity contribution in [3.05, 3.63) is 60.7 Å². The van der Waals surface area contributed by atoms with Crippen molar-refractivity contribution in [2.45, 2.75) is 39.2 Å². The van der Waals surface area contributed by atoms with Crippen LogP contribution in [0.5, 0.6) is 0 Å². The molecular weight excluding hydrogens is 408 g/mol. The molecule has 0 aliphatic heterocycles. The highest BCUT2D eigenvalue weighted by Gasteiger charge is 2.50. The second-order valence-corrected chi connectivity index (χ2v) is 13.2. The van der Waals surface area contributed by atoms with Gasteiger partial charge in [-0.15, -0.1) is 0 Å². The van der Waals surface area contributed by atoms with Gasteiger partial charge in [-0.05, 0) is 27.8 Å². The molecule has 0 spiro atoms. The summed E-state index contributed by atoms with van der Waals surface area (Å²) in [5, 5.41) is 2.25. The SMILES string of the molecule is COC(=O)C(CC(C)CO[Si](c1ccccc1)(c1ccccc1)C(C)(C)C)C(=O)OC. The maximum absolute atomic E-state index is 12.1. The summed E-state index contributed by atoms with van der Waals surface area (Å²) in [6.45, 7) is 9.05. The Morgan fingerprint density at radius 3 is 1.61 bits per heavy atom. The van der Waals surface area contributed by atoms with E-state index in [-0.39, 0.29) is 11.0 Å². The molecule has 1 unspecified atom stereocenters. The lowest BCUT2D eigenvalue weighted by Crippen LogP contribution is -2.66. The van der Waals surface area contributed by atoms with E-state index in [0.29, 0.717) is 13.0 Å². The summed E-state index contributed by atoms with van der Waals surface area (Å²) in [5.41, 5.74) is 0. The van der Waals surface area contributed by atoms with Gasteiger partial charge in [0.05, 0.1) is 14.2 Å². The Labute approximate surface area is 186 Å². The third-order valence-electron chi connectivity index (χ3n) is 5.61. The fourth-order valence-electron chi connectivity index (χ4n) is 4.07. The first-order valence-corrected chi connectivity index (χ1v) is 12.5. The highest BCUT2D eigenvalue weighted by atomic mass is 28.4. The molecule has 0 heterocycles. The summed E-state index contributed by atoms with van der Waals surface area (Å²) in [6.07, 6.45) is 0.303. The number of ether oxygens (including phenoxy) is 2. The number of methoxy groups -OCH3 is 2. The van der Waals surface area contributed by atoms with Crippen molar-refractivity contribution >= 4 is 30.6 Å². The molecule has 0 radical (unpaired) electrons. The van der Waals surface area contributed by atoms with E-state index in [1.807, 2.05) is 43.3 Å². The topological polar surface area (TPSA) is 61.8 Å². The first kappa shape index (κ1) is 24.8. The Hall–Kier alpha value is -2.44. The molecule has 31 heavy (non-hydrogen) atoms. The van der Waals surface area contributed by atoms with Gasteiger partial charge >= 0.3 is 11.9 Å². The smallest absolute Gasteiger partial charge is 0.320 e. The maximum Gasteiger partial charge on any atom is 0.320 e. The number of carbonyl (C=O) groups is 2. The van der Waals surface area contributed by atoms with Crippen LogP contribution >= 0.6 is 0 Å². The van der Waals surface area contributed by atoms with Gasteiger partial charge in [0.1, 0.15) is 0 Å². The number of rotatable bonds is 9. The molecule has 6 heteroatoms. The molecule has 0 bridgehead atoms. The molecule has 2 rings (SSSR count). The molecule has 0 saturated carbocycles. The number of hydrogen-bond acceptors (Lipinski definition) is 5. The third kappa shape index (κ3) is 5.63. The summed E-state index contributed by atoms with van der Waals surface area (Å²) in [4.78, 5) is 24.2. The van der Waals surface area contributed by atoms with Gasteiger partial charge in [-0.1, -0.05) is 88.4 Å². The van der Waals surface area contributed by atoms with Crippen LogP contribution in [-0.4, -0.2) is 41.1 Å². The summed E-state index contributed by atoms with van der Waals surface area (Å²) in [7, 11) is -0.107. The Kier molecular flexibility index (Phi) is 8.59. The van der Waals surface area contributed by atoms with Crippen LogP contribution in [0.2, 0.25) is 5.04 Å². The van der Waals surface area contributed by atoms with Crippen molar-refractivity contribution in [2.24, 2.45) is 11.8 Å². The number of esters is 2. The van der Waals surface area contributed by atoms with E-state index in [9.17, 15) is 9.59 Å². The average molecular weight is 443 g/mol. The zero-order valence-electron chi connectivity index (χ0n) is 19.4. The largest absolute Gasteiger partial charge is 0.468 e. The molecule has 0 amide bonds. The average Bonchev–Trinajstić information content (AvgIpc) is 2.77. The van der Waals surface area contributed by atoms with Crippen LogP contribution in [0.3, 0.4) is 0 Å². The van der Waals surface area contributed by atoms with E-state index >= 15 is 0 Å². The highest BCUT2D eigenvalue weighted by molar-refractivity contribution is 6.99. The van der Waals surface area contributed by atoms with Gasteiger partial charge in [-0.3, -0.25) is 9.59 Å². The van der Waals surface area contributed by atoms with Crippen molar-refractivity contribution in [1.29, 1.82) is 0 Å². The standard InChI is InChI=1S/C25H34O5Si/c1-19(17-22(23(26)28-5)24(27)29-6)18-30-31(25(2,3)4,20-13-9-7-10-14-20)21-15-11-8-12-16-21/h7-16,19,22H,17-18H2,1-6H3. The summed E-state index contributed by atoms with van der Waals surface area (Å²) >= 11 is 0. The Morgan fingerprint density at radius 1 is 0.839 bits per heavy atom. The first-order chi connectivity index (χ1) is 14.7. The van der Waals surface area contributed by atoms with Crippen molar-refractivity contribution in [3.8, 4) is 0 Å². The van der Waals surface area contributed by atoms with Crippen molar-refractivity contribution in [2.75, 3.05) is 20.8 Å². The van der Waals surface area contributed by atoms with E-state index in [2.05, 4.69) is 45.0 Å². The van der Waals surface area contributed by atoms with E-state index in [1.165, 1.54) is 24.6 Å². The summed E-state index contributed by atoms with van der Waals surface area (Å²) in [6, 6.07) is 20.8. The molecule has 0 aliphatic carbocycles. The molecular formula is C25H34O5Si. The van der Waals surface area contributed by atoms with Gasteiger partial charge in [0.25, 0.3) is 8.32 Å². The van der Waals surface area contributed by atoms with E-state index < -0.39 is 26.2 Å². The van der Waals surface area contributed by atoms with Gasteiger partial charge in [0.15, 0.2) is 5.92 Å². The van der Waals surface area contributed by atoms with E-state index in [4.69, 9.17) is 13.9 Å². The van der Waals surface area contributed by atoms with Crippen LogP contribution < -0.4 is 10.4 Å². The fourth-order valence-corrected chi connectivity index (χ4v) is 8.76. The molecule has 0 N–H and O–H groups in total. The molecule has 5 nitrogen and oxygen atoms in total. The first-order valence-electron chi connectivity index (χ1n) is 10.6. The number of benzene rings is 2.